The first-order valence-electron chi connectivity index (χ1n) is 8.25. The number of ether oxygens (including phenoxy) is 1. The summed E-state index contributed by atoms with van der Waals surface area (Å²) in [6, 6.07) is 7.64. The van der Waals surface area contributed by atoms with Crippen molar-refractivity contribution in [2.24, 2.45) is 0 Å². The van der Waals surface area contributed by atoms with E-state index in [0.29, 0.717) is 5.13 Å². The van der Waals surface area contributed by atoms with Gasteiger partial charge in [-0.2, -0.15) is 0 Å². The van der Waals surface area contributed by atoms with E-state index in [0.717, 1.165) is 17.0 Å². The molecular formula is C18H24N4O3S. The molecule has 0 aliphatic carbocycles. The number of thiazole rings is 1. The molecule has 0 radical (unpaired) electrons. The van der Waals surface area contributed by atoms with Crippen LogP contribution >= 0.6 is 11.3 Å². The minimum Gasteiger partial charge on any atom is -0.497 e. The second kappa shape index (κ2) is 9.30. The molecule has 2 aromatic rings. The molecule has 1 aromatic heterocycles. The van der Waals surface area contributed by atoms with Crippen molar-refractivity contribution in [3.8, 4) is 17.0 Å². The number of hydrogen-bond acceptors (Lipinski definition) is 6. The number of likely N-dealkylation sites (N-methyl/N-ethyl adjacent to an activating group) is 1. The van der Waals surface area contributed by atoms with Crippen molar-refractivity contribution in [3.63, 3.8) is 0 Å². The highest BCUT2D eigenvalue weighted by Gasteiger charge is 2.13. The van der Waals surface area contributed by atoms with Crippen LogP contribution in [0.2, 0.25) is 0 Å². The fourth-order valence-corrected chi connectivity index (χ4v) is 3.03. The van der Waals surface area contributed by atoms with E-state index in [4.69, 9.17) is 4.74 Å². The largest absolute Gasteiger partial charge is 0.497 e. The summed E-state index contributed by atoms with van der Waals surface area (Å²) in [5.74, 6) is 0.467. The third kappa shape index (κ3) is 6.12. The molecule has 1 heterocycles. The molecule has 0 saturated heterocycles. The van der Waals surface area contributed by atoms with Gasteiger partial charge in [0.15, 0.2) is 5.13 Å². The van der Waals surface area contributed by atoms with E-state index in [1.807, 2.05) is 43.5 Å². The van der Waals surface area contributed by atoms with Crippen LogP contribution in [0.4, 0.5) is 5.13 Å². The Hall–Kier alpha value is -2.45. The first-order valence-corrected chi connectivity index (χ1v) is 9.13. The van der Waals surface area contributed by atoms with Crippen LogP contribution in [0.25, 0.3) is 11.3 Å². The Morgan fingerprint density at radius 2 is 1.85 bits per heavy atom. The van der Waals surface area contributed by atoms with Gasteiger partial charge in [0.05, 0.1) is 25.9 Å². The second-order valence-electron chi connectivity index (χ2n) is 6.21. The van der Waals surface area contributed by atoms with Crippen molar-refractivity contribution in [2.45, 2.75) is 19.9 Å². The first kappa shape index (κ1) is 19.9. The summed E-state index contributed by atoms with van der Waals surface area (Å²) < 4.78 is 5.14. The lowest BCUT2D eigenvalue weighted by Gasteiger charge is -2.16. The normalized spacial score (nSPS) is 10.8. The molecule has 2 amide bonds. The molecule has 0 saturated carbocycles. The Bertz CT molecular complexity index is 743. The molecule has 1 aromatic carbocycles. The number of anilines is 1. The zero-order valence-corrected chi connectivity index (χ0v) is 16.2. The quantitative estimate of drug-likeness (QED) is 0.738. The van der Waals surface area contributed by atoms with Gasteiger partial charge in [-0.1, -0.05) is 0 Å². The van der Waals surface area contributed by atoms with Crippen molar-refractivity contribution in [3.05, 3.63) is 29.6 Å². The summed E-state index contributed by atoms with van der Waals surface area (Å²) in [6.45, 7) is 4.07. The van der Waals surface area contributed by atoms with E-state index in [1.54, 1.807) is 19.1 Å². The average Bonchev–Trinajstić information content (AvgIpc) is 3.02. The molecular weight excluding hydrogens is 352 g/mol. The number of carbonyl (C=O) groups excluding carboxylic acids is 2. The summed E-state index contributed by atoms with van der Waals surface area (Å²) in [5, 5.41) is 7.98. The van der Waals surface area contributed by atoms with Crippen LogP contribution in [0, 0.1) is 0 Å². The molecule has 0 aliphatic heterocycles. The van der Waals surface area contributed by atoms with Crippen molar-refractivity contribution in [1.29, 1.82) is 0 Å². The minimum atomic E-state index is -0.208. The third-order valence-corrected chi connectivity index (χ3v) is 4.17. The number of nitrogens with zero attached hydrogens (tertiary/aromatic N) is 2. The van der Waals surface area contributed by atoms with Crippen LogP contribution in [0.1, 0.15) is 13.8 Å². The van der Waals surface area contributed by atoms with Gasteiger partial charge in [-0.3, -0.25) is 14.5 Å². The molecule has 0 unspecified atom stereocenters. The van der Waals surface area contributed by atoms with Gasteiger partial charge in [-0.05, 0) is 45.2 Å². The highest BCUT2D eigenvalue weighted by atomic mass is 32.1. The van der Waals surface area contributed by atoms with Gasteiger partial charge in [0.25, 0.3) is 0 Å². The predicted octanol–water partition coefficient (Wildman–Crippen LogP) is 2.21. The lowest BCUT2D eigenvalue weighted by Crippen LogP contribution is -2.41. The van der Waals surface area contributed by atoms with E-state index in [9.17, 15) is 9.59 Å². The second-order valence-corrected chi connectivity index (χ2v) is 7.07. The minimum absolute atomic E-state index is 0.0800. The van der Waals surface area contributed by atoms with Crippen molar-refractivity contribution in [2.75, 3.05) is 32.6 Å². The molecule has 0 aliphatic rings. The van der Waals surface area contributed by atoms with Crippen molar-refractivity contribution in [1.82, 2.24) is 15.2 Å². The monoisotopic (exact) mass is 376 g/mol. The van der Waals surface area contributed by atoms with Gasteiger partial charge >= 0.3 is 0 Å². The maximum Gasteiger partial charge on any atom is 0.240 e. The Labute approximate surface area is 157 Å². The highest BCUT2D eigenvalue weighted by Crippen LogP contribution is 2.26. The van der Waals surface area contributed by atoms with Crippen molar-refractivity contribution < 1.29 is 14.3 Å². The van der Waals surface area contributed by atoms with Gasteiger partial charge in [-0.15, -0.1) is 11.3 Å². The Morgan fingerprint density at radius 3 is 2.46 bits per heavy atom. The molecule has 0 fully saturated rings. The van der Waals surface area contributed by atoms with Gasteiger partial charge in [0.2, 0.25) is 11.8 Å². The average molecular weight is 376 g/mol. The molecule has 7 nitrogen and oxygen atoms in total. The van der Waals surface area contributed by atoms with Gasteiger partial charge in [0, 0.05) is 17.0 Å². The highest BCUT2D eigenvalue weighted by molar-refractivity contribution is 7.14. The number of aromatic nitrogens is 1. The summed E-state index contributed by atoms with van der Waals surface area (Å²) >= 11 is 1.36. The van der Waals surface area contributed by atoms with Crippen LogP contribution in [0.5, 0.6) is 5.75 Å². The predicted molar refractivity (Wildman–Crippen MR) is 104 cm³/mol. The van der Waals surface area contributed by atoms with E-state index in [1.165, 1.54) is 11.3 Å². The Kier molecular flexibility index (Phi) is 7.11. The number of benzene rings is 1. The zero-order valence-electron chi connectivity index (χ0n) is 15.4. The maximum atomic E-state index is 12.1. The SMILES string of the molecule is COc1ccc(-c2csc(NC(=O)CN(C)CC(=O)NC(C)C)n2)cc1. The fourth-order valence-electron chi connectivity index (χ4n) is 2.30. The Balaban J connectivity index is 1.87. The lowest BCUT2D eigenvalue weighted by atomic mass is 10.2. The topological polar surface area (TPSA) is 83.6 Å². The molecule has 0 atom stereocenters. The van der Waals surface area contributed by atoms with E-state index in [2.05, 4.69) is 15.6 Å². The molecule has 0 bridgehead atoms. The van der Waals surface area contributed by atoms with Gasteiger partial charge in [0.1, 0.15) is 5.75 Å². The number of hydrogen-bond donors (Lipinski definition) is 2. The number of methoxy groups -OCH3 is 1. The van der Waals surface area contributed by atoms with Crippen LogP contribution in [-0.2, 0) is 9.59 Å². The zero-order chi connectivity index (χ0) is 19.1. The van der Waals surface area contributed by atoms with Gasteiger partial charge in [-0.25, -0.2) is 4.98 Å². The molecule has 8 heteroatoms. The molecule has 26 heavy (non-hydrogen) atoms. The summed E-state index contributed by atoms with van der Waals surface area (Å²) in [6.07, 6.45) is 0. The number of carbonyl (C=O) groups is 2. The van der Waals surface area contributed by atoms with Crippen LogP contribution in [0.3, 0.4) is 0 Å². The van der Waals surface area contributed by atoms with Crippen LogP contribution in [0.15, 0.2) is 29.6 Å². The molecule has 2 rings (SSSR count). The molecule has 2 N–H and O–H groups in total. The smallest absolute Gasteiger partial charge is 0.240 e. The number of rotatable bonds is 8. The van der Waals surface area contributed by atoms with Gasteiger partial charge < -0.3 is 15.4 Å². The lowest BCUT2D eigenvalue weighted by molar-refractivity contribution is -0.123. The van der Waals surface area contributed by atoms with E-state index >= 15 is 0 Å². The molecule has 0 spiro atoms. The van der Waals surface area contributed by atoms with Crippen molar-refractivity contribution >= 4 is 28.3 Å². The molecule has 140 valence electrons. The third-order valence-electron chi connectivity index (χ3n) is 3.41. The maximum absolute atomic E-state index is 12.1. The van der Waals surface area contributed by atoms with E-state index < -0.39 is 0 Å². The summed E-state index contributed by atoms with van der Waals surface area (Å²) in [5.41, 5.74) is 1.74. The summed E-state index contributed by atoms with van der Waals surface area (Å²) in [7, 11) is 3.35. The number of amides is 2. The Morgan fingerprint density at radius 1 is 1.19 bits per heavy atom. The first-order chi connectivity index (χ1) is 12.4. The summed E-state index contributed by atoms with van der Waals surface area (Å²) in [4.78, 5) is 29.9. The standard InChI is InChI=1S/C18H24N4O3S/c1-12(2)19-16(23)9-22(3)10-17(24)21-18-20-15(11-26-18)13-5-7-14(25-4)8-6-13/h5-8,11-12H,9-10H2,1-4H3,(H,19,23)(H,20,21,24). The van der Waals surface area contributed by atoms with Crippen LogP contribution < -0.4 is 15.4 Å². The van der Waals surface area contributed by atoms with Crippen LogP contribution in [-0.4, -0.2) is 55.0 Å². The van der Waals surface area contributed by atoms with E-state index in [-0.39, 0.29) is 30.9 Å². The fraction of sp³-hybridized carbons (Fsp3) is 0.389. The number of nitrogens with one attached hydrogen (secondary N) is 2.